The first-order valence-corrected chi connectivity index (χ1v) is 7.23. The fraction of sp³-hybridized carbons (Fsp3) is 0.0667. The third-order valence-corrected chi connectivity index (χ3v) is 3.53. The van der Waals surface area contributed by atoms with Gasteiger partial charge in [0.1, 0.15) is 5.75 Å². The molecule has 0 atom stereocenters. The SMILES string of the molecule is C/C(=N\NC(=O)c1ccc(Cl)cc1)c1cc(Br)ccc1O. The molecule has 2 N–H and O–H groups in total. The molecule has 2 aromatic carbocycles. The molecule has 108 valence electrons. The fourth-order valence-corrected chi connectivity index (χ4v) is 2.15. The molecule has 2 rings (SSSR count). The number of phenolic OH excluding ortho intramolecular Hbond substituents is 1. The molecule has 0 aliphatic heterocycles. The van der Waals surface area contributed by atoms with Crippen LogP contribution in [0.5, 0.6) is 5.75 Å². The lowest BCUT2D eigenvalue weighted by Crippen LogP contribution is -2.19. The van der Waals surface area contributed by atoms with Gasteiger partial charge in [0.15, 0.2) is 0 Å². The van der Waals surface area contributed by atoms with Crippen LogP contribution < -0.4 is 5.43 Å². The highest BCUT2D eigenvalue weighted by Gasteiger charge is 2.07. The summed E-state index contributed by atoms with van der Waals surface area (Å²) in [6.07, 6.45) is 0. The Morgan fingerprint density at radius 1 is 1.24 bits per heavy atom. The molecule has 0 saturated heterocycles. The Hall–Kier alpha value is -1.85. The van der Waals surface area contributed by atoms with E-state index in [1.807, 2.05) is 0 Å². The third-order valence-electron chi connectivity index (χ3n) is 2.78. The van der Waals surface area contributed by atoms with E-state index in [0.717, 1.165) is 4.47 Å². The van der Waals surface area contributed by atoms with E-state index in [1.165, 1.54) is 0 Å². The molecule has 0 fully saturated rings. The zero-order valence-corrected chi connectivity index (χ0v) is 13.4. The summed E-state index contributed by atoms with van der Waals surface area (Å²) in [7, 11) is 0. The van der Waals surface area contributed by atoms with Crippen LogP contribution in [-0.2, 0) is 0 Å². The number of carbonyl (C=O) groups is 1. The minimum atomic E-state index is -0.347. The normalized spacial score (nSPS) is 11.3. The molecule has 0 spiro atoms. The number of rotatable bonds is 3. The monoisotopic (exact) mass is 366 g/mol. The lowest BCUT2D eigenvalue weighted by molar-refractivity contribution is 0.0955. The van der Waals surface area contributed by atoms with Gasteiger partial charge in [-0.15, -0.1) is 0 Å². The molecule has 6 heteroatoms. The molecule has 0 unspecified atom stereocenters. The van der Waals surface area contributed by atoms with E-state index < -0.39 is 0 Å². The number of hydrogen-bond acceptors (Lipinski definition) is 3. The predicted octanol–water partition coefficient (Wildman–Crippen LogP) is 3.96. The predicted molar refractivity (Wildman–Crippen MR) is 86.9 cm³/mol. The summed E-state index contributed by atoms with van der Waals surface area (Å²) in [6, 6.07) is 11.5. The van der Waals surface area contributed by atoms with Crippen molar-refractivity contribution >= 4 is 39.1 Å². The van der Waals surface area contributed by atoms with Gasteiger partial charge < -0.3 is 5.11 Å². The van der Waals surface area contributed by atoms with Gasteiger partial charge in [-0.25, -0.2) is 5.43 Å². The minimum absolute atomic E-state index is 0.0974. The number of halogens is 2. The molecule has 0 aromatic heterocycles. The zero-order chi connectivity index (χ0) is 15.4. The molecule has 0 aliphatic rings. The van der Waals surface area contributed by atoms with Crippen LogP contribution in [0.1, 0.15) is 22.8 Å². The van der Waals surface area contributed by atoms with E-state index >= 15 is 0 Å². The Bertz CT molecular complexity index is 699. The Morgan fingerprint density at radius 2 is 1.90 bits per heavy atom. The quantitative estimate of drug-likeness (QED) is 0.637. The molecule has 2 aromatic rings. The number of phenols is 1. The molecule has 0 saturated carbocycles. The number of hydrogen-bond donors (Lipinski definition) is 2. The topological polar surface area (TPSA) is 61.7 Å². The third kappa shape index (κ3) is 4.06. The highest BCUT2D eigenvalue weighted by Crippen LogP contribution is 2.22. The number of hydrazone groups is 1. The zero-order valence-electron chi connectivity index (χ0n) is 11.1. The van der Waals surface area contributed by atoms with Crippen LogP contribution in [0.15, 0.2) is 52.0 Å². The largest absolute Gasteiger partial charge is 0.507 e. The second kappa shape index (κ2) is 6.74. The summed E-state index contributed by atoms with van der Waals surface area (Å²) in [5.41, 5.74) is 3.93. The molecule has 0 bridgehead atoms. The number of amides is 1. The summed E-state index contributed by atoms with van der Waals surface area (Å²) in [4.78, 5) is 11.9. The van der Waals surface area contributed by atoms with Crippen molar-refractivity contribution in [2.24, 2.45) is 5.10 Å². The van der Waals surface area contributed by atoms with Crippen molar-refractivity contribution in [2.45, 2.75) is 6.92 Å². The standard InChI is InChI=1S/C15H12BrClN2O2/c1-9(13-8-11(16)4-7-14(13)20)18-19-15(21)10-2-5-12(17)6-3-10/h2-8,20H,1H3,(H,19,21)/b18-9+. The Balaban J connectivity index is 2.14. The van der Waals surface area contributed by atoms with Crippen LogP contribution in [0.2, 0.25) is 5.02 Å². The lowest BCUT2D eigenvalue weighted by Gasteiger charge is -2.06. The summed E-state index contributed by atoms with van der Waals surface area (Å²) in [5, 5.41) is 14.3. The first-order chi connectivity index (χ1) is 9.97. The van der Waals surface area contributed by atoms with Crippen LogP contribution in [0.3, 0.4) is 0 Å². The van der Waals surface area contributed by atoms with E-state index in [0.29, 0.717) is 21.9 Å². The van der Waals surface area contributed by atoms with Crippen molar-refractivity contribution < 1.29 is 9.90 Å². The highest BCUT2D eigenvalue weighted by atomic mass is 79.9. The molecule has 1 amide bonds. The van der Waals surface area contributed by atoms with Crippen LogP contribution in [0.25, 0.3) is 0 Å². The average Bonchev–Trinajstić information content (AvgIpc) is 2.47. The fourth-order valence-electron chi connectivity index (χ4n) is 1.66. The van der Waals surface area contributed by atoms with Gasteiger partial charge in [0.05, 0.1) is 5.71 Å². The minimum Gasteiger partial charge on any atom is -0.507 e. The average molecular weight is 368 g/mol. The number of aromatic hydroxyl groups is 1. The molecule has 21 heavy (non-hydrogen) atoms. The van der Waals surface area contributed by atoms with Gasteiger partial charge in [-0.3, -0.25) is 4.79 Å². The van der Waals surface area contributed by atoms with Gasteiger partial charge in [0.25, 0.3) is 5.91 Å². The number of nitrogens with zero attached hydrogens (tertiary/aromatic N) is 1. The van der Waals surface area contributed by atoms with E-state index in [-0.39, 0.29) is 11.7 Å². The van der Waals surface area contributed by atoms with Crippen molar-refractivity contribution in [1.82, 2.24) is 5.43 Å². The maximum Gasteiger partial charge on any atom is 0.271 e. The molecule has 0 heterocycles. The smallest absolute Gasteiger partial charge is 0.271 e. The van der Waals surface area contributed by atoms with Crippen LogP contribution in [0.4, 0.5) is 0 Å². The first-order valence-electron chi connectivity index (χ1n) is 6.06. The van der Waals surface area contributed by atoms with Gasteiger partial charge in [0, 0.05) is 20.6 Å². The summed E-state index contributed by atoms with van der Waals surface area (Å²) < 4.78 is 0.814. The van der Waals surface area contributed by atoms with E-state index in [9.17, 15) is 9.90 Å². The second-order valence-corrected chi connectivity index (χ2v) is 5.66. The maximum atomic E-state index is 11.9. The molecular formula is C15H12BrClN2O2. The second-order valence-electron chi connectivity index (χ2n) is 4.31. The van der Waals surface area contributed by atoms with E-state index in [4.69, 9.17) is 11.6 Å². The van der Waals surface area contributed by atoms with Crippen molar-refractivity contribution in [1.29, 1.82) is 0 Å². The van der Waals surface area contributed by atoms with Crippen LogP contribution in [-0.4, -0.2) is 16.7 Å². The number of benzene rings is 2. The summed E-state index contributed by atoms with van der Waals surface area (Å²) in [5.74, 6) is -0.249. The Morgan fingerprint density at radius 3 is 2.57 bits per heavy atom. The summed E-state index contributed by atoms with van der Waals surface area (Å²) in [6.45, 7) is 1.70. The van der Waals surface area contributed by atoms with Gasteiger partial charge in [0.2, 0.25) is 0 Å². The van der Waals surface area contributed by atoms with Gasteiger partial charge in [-0.05, 0) is 49.4 Å². The van der Waals surface area contributed by atoms with Crippen molar-refractivity contribution in [3.05, 3.63) is 63.1 Å². The van der Waals surface area contributed by atoms with E-state index in [1.54, 1.807) is 49.4 Å². The number of carbonyl (C=O) groups excluding carboxylic acids is 1. The van der Waals surface area contributed by atoms with Crippen LogP contribution in [0, 0.1) is 0 Å². The number of nitrogens with one attached hydrogen (secondary N) is 1. The van der Waals surface area contributed by atoms with Gasteiger partial charge >= 0.3 is 0 Å². The van der Waals surface area contributed by atoms with Gasteiger partial charge in [-0.1, -0.05) is 27.5 Å². The molecule has 0 aliphatic carbocycles. The van der Waals surface area contributed by atoms with Crippen molar-refractivity contribution in [3.63, 3.8) is 0 Å². The highest BCUT2D eigenvalue weighted by molar-refractivity contribution is 9.10. The van der Waals surface area contributed by atoms with E-state index in [2.05, 4.69) is 26.5 Å². The Labute approximate surface area is 135 Å². The summed E-state index contributed by atoms with van der Waals surface area (Å²) >= 11 is 9.09. The van der Waals surface area contributed by atoms with Crippen molar-refractivity contribution in [3.8, 4) is 5.75 Å². The maximum absolute atomic E-state index is 11.9. The van der Waals surface area contributed by atoms with Crippen molar-refractivity contribution in [2.75, 3.05) is 0 Å². The Kier molecular flexibility index (Phi) is 4.98. The van der Waals surface area contributed by atoms with Crippen LogP contribution >= 0.6 is 27.5 Å². The van der Waals surface area contributed by atoms with Gasteiger partial charge in [-0.2, -0.15) is 5.10 Å². The first kappa shape index (κ1) is 15.5. The molecule has 0 radical (unpaired) electrons. The molecular weight excluding hydrogens is 356 g/mol. The molecule has 4 nitrogen and oxygen atoms in total. The lowest BCUT2D eigenvalue weighted by atomic mass is 10.1.